The van der Waals surface area contributed by atoms with Gasteiger partial charge in [-0.3, -0.25) is 4.99 Å². The van der Waals surface area contributed by atoms with Gasteiger partial charge in [-0.15, -0.1) is 0 Å². The van der Waals surface area contributed by atoms with Gasteiger partial charge in [0.2, 0.25) is 0 Å². The highest BCUT2D eigenvalue weighted by atomic mass is 32.2. The third-order valence-electron chi connectivity index (χ3n) is 3.32. The summed E-state index contributed by atoms with van der Waals surface area (Å²) < 4.78 is 5.67. The standard InChI is InChI=1S/C12H22N2OS/c1-8(2)10-7-16-12(14-10)13-9(3)11-5-4-6-15-11/h8-11H,4-7H2,1-3H3,(H,13,14). The molecule has 0 spiro atoms. The summed E-state index contributed by atoms with van der Waals surface area (Å²) in [4.78, 5) is 4.71. The highest BCUT2D eigenvalue weighted by Crippen LogP contribution is 2.23. The first kappa shape index (κ1) is 12.2. The zero-order chi connectivity index (χ0) is 11.5. The van der Waals surface area contributed by atoms with Gasteiger partial charge in [0, 0.05) is 12.4 Å². The van der Waals surface area contributed by atoms with Crippen LogP contribution in [0, 0.1) is 5.92 Å². The number of hydrogen-bond donors (Lipinski definition) is 1. The number of rotatable bonds is 3. The fourth-order valence-electron chi connectivity index (χ4n) is 2.09. The molecular weight excluding hydrogens is 220 g/mol. The molecule has 3 atom stereocenters. The van der Waals surface area contributed by atoms with Gasteiger partial charge in [-0.1, -0.05) is 25.6 Å². The van der Waals surface area contributed by atoms with Crippen LogP contribution in [0.5, 0.6) is 0 Å². The van der Waals surface area contributed by atoms with Crippen molar-refractivity contribution < 1.29 is 4.74 Å². The van der Waals surface area contributed by atoms with E-state index in [1.807, 2.05) is 11.8 Å². The molecule has 0 aromatic rings. The molecule has 0 radical (unpaired) electrons. The summed E-state index contributed by atoms with van der Waals surface area (Å²) in [7, 11) is 0. The number of aliphatic imine (C=N–C) groups is 1. The van der Waals surface area contributed by atoms with Crippen molar-refractivity contribution >= 4 is 16.9 Å². The molecule has 2 rings (SSSR count). The normalized spacial score (nSPS) is 31.9. The average Bonchev–Trinajstić information content (AvgIpc) is 2.87. The van der Waals surface area contributed by atoms with E-state index in [1.54, 1.807) is 0 Å². The lowest BCUT2D eigenvalue weighted by Crippen LogP contribution is -2.39. The molecule has 2 heterocycles. The Morgan fingerprint density at radius 1 is 1.44 bits per heavy atom. The van der Waals surface area contributed by atoms with Gasteiger partial charge in [0.1, 0.15) is 0 Å². The molecule has 0 aromatic heterocycles. The topological polar surface area (TPSA) is 33.6 Å². The van der Waals surface area contributed by atoms with E-state index in [1.165, 1.54) is 12.8 Å². The number of nitrogens with one attached hydrogen (secondary N) is 1. The van der Waals surface area contributed by atoms with E-state index in [4.69, 9.17) is 9.73 Å². The Labute approximate surface area is 102 Å². The predicted octanol–water partition coefficient (Wildman–Crippen LogP) is 2.27. The molecule has 3 unspecified atom stereocenters. The van der Waals surface area contributed by atoms with Crippen LogP contribution in [0.15, 0.2) is 4.99 Å². The van der Waals surface area contributed by atoms with Crippen molar-refractivity contribution in [3.05, 3.63) is 0 Å². The van der Waals surface area contributed by atoms with Crippen LogP contribution in [-0.2, 0) is 4.74 Å². The first-order valence-corrected chi connectivity index (χ1v) is 7.24. The van der Waals surface area contributed by atoms with Crippen molar-refractivity contribution in [2.75, 3.05) is 12.4 Å². The van der Waals surface area contributed by atoms with Crippen LogP contribution >= 0.6 is 11.8 Å². The second-order valence-electron chi connectivity index (χ2n) is 5.04. The molecule has 92 valence electrons. The second-order valence-corrected chi connectivity index (χ2v) is 6.05. The van der Waals surface area contributed by atoms with Gasteiger partial charge in [0.25, 0.3) is 0 Å². The molecule has 0 aliphatic carbocycles. The Morgan fingerprint density at radius 3 is 2.81 bits per heavy atom. The van der Waals surface area contributed by atoms with Crippen LogP contribution in [0.2, 0.25) is 0 Å². The van der Waals surface area contributed by atoms with Crippen molar-refractivity contribution in [3.63, 3.8) is 0 Å². The van der Waals surface area contributed by atoms with Crippen LogP contribution in [0.25, 0.3) is 0 Å². The first-order chi connectivity index (χ1) is 7.66. The zero-order valence-electron chi connectivity index (χ0n) is 10.4. The minimum Gasteiger partial charge on any atom is -0.376 e. The van der Waals surface area contributed by atoms with Crippen LogP contribution in [0.3, 0.4) is 0 Å². The van der Waals surface area contributed by atoms with E-state index in [-0.39, 0.29) is 0 Å². The minimum absolute atomic E-state index is 0.376. The number of thioether (sulfide) groups is 1. The maximum atomic E-state index is 5.67. The number of hydrogen-bond acceptors (Lipinski definition) is 4. The van der Waals surface area contributed by atoms with E-state index in [2.05, 4.69) is 26.1 Å². The van der Waals surface area contributed by atoms with Gasteiger partial charge in [-0.25, -0.2) is 0 Å². The quantitative estimate of drug-likeness (QED) is 0.824. The van der Waals surface area contributed by atoms with E-state index in [0.717, 1.165) is 17.5 Å². The average molecular weight is 242 g/mol. The van der Waals surface area contributed by atoms with E-state index >= 15 is 0 Å². The Hall–Kier alpha value is -0.220. The molecule has 1 N–H and O–H groups in total. The molecule has 0 bridgehead atoms. The molecule has 1 fully saturated rings. The van der Waals surface area contributed by atoms with Crippen LogP contribution in [0.1, 0.15) is 33.6 Å². The summed E-state index contributed by atoms with van der Waals surface area (Å²) in [6, 6.07) is 0.879. The largest absolute Gasteiger partial charge is 0.376 e. The Morgan fingerprint density at radius 2 is 2.25 bits per heavy atom. The molecule has 2 aliphatic rings. The Balaban J connectivity index is 1.83. The van der Waals surface area contributed by atoms with Crippen LogP contribution in [-0.4, -0.2) is 35.7 Å². The second kappa shape index (κ2) is 5.41. The molecule has 0 aromatic carbocycles. The van der Waals surface area contributed by atoms with E-state index in [0.29, 0.717) is 24.1 Å². The SMILES string of the molecule is CC(C)C1CSC(NC(C)C2CCCO2)=N1. The highest BCUT2D eigenvalue weighted by Gasteiger charge is 2.26. The van der Waals surface area contributed by atoms with Gasteiger partial charge >= 0.3 is 0 Å². The fraction of sp³-hybridized carbons (Fsp3) is 0.917. The summed E-state index contributed by atoms with van der Waals surface area (Å²) in [5.74, 6) is 1.77. The summed E-state index contributed by atoms with van der Waals surface area (Å²) in [5.41, 5.74) is 0. The summed E-state index contributed by atoms with van der Waals surface area (Å²) in [5, 5.41) is 4.61. The summed E-state index contributed by atoms with van der Waals surface area (Å²) in [6.45, 7) is 7.59. The smallest absolute Gasteiger partial charge is 0.157 e. The van der Waals surface area contributed by atoms with E-state index in [9.17, 15) is 0 Å². The molecule has 1 saturated heterocycles. The van der Waals surface area contributed by atoms with Crippen molar-refractivity contribution in [2.45, 2.75) is 51.8 Å². The van der Waals surface area contributed by atoms with Gasteiger partial charge in [-0.2, -0.15) is 0 Å². The molecule has 4 heteroatoms. The monoisotopic (exact) mass is 242 g/mol. The van der Waals surface area contributed by atoms with Gasteiger partial charge in [0.05, 0.1) is 18.2 Å². The lowest BCUT2D eigenvalue weighted by atomic mass is 10.1. The summed E-state index contributed by atoms with van der Waals surface area (Å²) >= 11 is 1.85. The molecule has 16 heavy (non-hydrogen) atoms. The van der Waals surface area contributed by atoms with Gasteiger partial charge in [0.15, 0.2) is 5.17 Å². The number of nitrogens with zero attached hydrogens (tertiary/aromatic N) is 1. The van der Waals surface area contributed by atoms with Gasteiger partial charge in [-0.05, 0) is 25.7 Å². The zero-order valence-corrected chi connectivity index (χ0v) is 11.2. The van der Waals surface area contributed by atoms with Crippen molar-refractivity contribution in [2.24, 2.45) is 10.9 Å². The lowest BCUT2D eigenvalue weighted by molar-refractivity contribution is 0.0896. The number of ether oxygens (including phenoxy) is 1. The van der Waals surface area contributed by atoms with E-state index < -0.39 is 0 Å². The molecular formula is C12H22N2OS. The van der Waals surface area contributed by atoms with Crippen molar-refractivity contribution in [3.8, 4) is 0 Å². The maximum absolute atomic E-state index is 5.67. The van der Waals surface area contributed by atoms with Crippen LogP contribution < -0.4 is 5.32 Å². The predicted molar refractivity (Wildman–Crippen MR) is 70.1 cm³/mol. The minimum atomic E-state index is 0.376. The van der Waals surface area contributed by atoms with Crippen molar-refractivity contribution in [1.82, 2.24) is 5.32 Å². The van der Waals surface area contributed by atoms with Crippen molar-refractivity contribution in [1.29, 1.82) is 0 Å². The lowest BCUT2D eigenvalue weighted by Gasteiger charge is -2.20. The third kappa shape index (κ3) is 2.92. The summed E-state index contributed by atoms with van der Waals surface area (Å²) in [6.07, 6.45) is 2.76. The molecule has 3 nitrogen and oxygen atoms in total. The molecule has 2 aliphatic heterocycles. The molecule has 0 amide bonds. The Bertz CT molecular complexity index is 262. The molecule has 0 saturated carbocycles. The van der Waals surface area contributed by atoms with Crippen LogP contribution in [0.4, 0.5) is 0 Å². The third-order valence-corrected chi connectivity index (χ3v) is 4.32. The maximum Gasteiger partial charge on any atom is 0.157 e. The highest BCUT2D eigenvalue weighted by molar-refractivity contribution is 8.14. The fourth-order valence-corrected chi connectivity index (χ4v) is 3.36. The first-order valence-electron chi connectivity index (χ1n) is 6.25. The van der Waals surface area contributed by atoms with Gasteiger partial charge < -0.3 is 10.1 Å². The Kier molecular flexibility index (Phi) is 4.14. The number of amidine groups is 1.